The Hall–Kier alpha value is -2.08. The molecule has 3 N–H and O–H groups in total. The van der Waals surface area contributed by atoms with E-state index in [1.54, 1.807) is 12.1 Å². The smallest absolute Gasteiger partial charge is 0.326 e. The minimum Gasteiger partial charge on any atom is -0.396 e. The molecule has 0 spiro atoms. The van der Waals surface area contributed by atoms with Gasteiger partial charge in [0.2, 0.25) is 5.91 Å². The SMILES string of the molecule is CC(CO)C(C)NC(=O)Cn1c(=O)[nH]c2ccccc21. The molecule has 2 unspecified atom stereocenters. The van der Waals surface area contributed by atoms with Crippen LogP contribution < -0.4 is 11.0 Å². The number of hydrogen-bond acceptors (Lipinski definition) is 3. The van der Waals surface area contributed by atoms with Gasteiger partial charge in [0, 0.05) is 12.6 Å². The monoisotopic (exact) mass is 277 g/mol. The molecule has 6 nitrogen and oxygen atoms in total. The van der Waals surface area contributed by atoms with E-state index in [1.165, 1.54) is 4.57 Å². The van der Waals surface area contributed by atoms with Crippen molar-refractivity contribution < 1.29 is 9.90 Å². The van der Waals surface area contributed by atoms with Crippen molar-refractivity contribution in [2.45, 2.75) is 26.4 Å². The van der Waals surface area contributed by atoms with Crippen LogP contribution in [0.3, 0.4) is 0 Å². The first-order chi connectivity index (χ1) is 9.52. The number of amides is 1. The summed E-state index contributed by atoms with van der Waals surface area (Å²) in [5, 5.41) is 11.8. The van der Waals surface area contributed by atoms with Crippen molar-refractivity contribution >= 4 is 16.9 Å². The number of benzene rings is 1. The van der Waals surface area contributed by atoms with Crippen LogP contribution in [-0.2, 0) is 11.3 Å². The van der Waals surface area contributed by atoms with Crippen molar-refractivity contribution in [1.29, 1.82) is 0 Å². The Balaban J connectivity index is 2.14. The van der Waals surface area contributed by atoms with Gasteiger partial charge in [0.25, 0.3) is 0 Å². The normalized spacial score (nSPS) is 14.2. The zero-order valence-corrected chi connectivity index (χ0v) is 11.6. The highest BCUT2D eigenvalue weighted by molar-refractivity contribution is 5.80. The number of nitrogens with one attached hydrogen (secondary N) is 2. The summed E-state index contributed by atoms with van der Waals surface area (Å²) >= 11 is 0. The summed E-state index contributed by atoms with van der Waals surface area (Å²) in [6.07, 6.45) is 0. The predicted octanol–water partition coefficient (Wildman–Crippen LogP) is 0.463. The van der Waals surface area contributed by atoms with E-state index in [2.05, 4.69) is 10.3 Å². The van der Waals surface area contributed by atoms with Crippen LogP contribution in [0.2, 0.25) is 0 Å². The van der Waals surface area contributed by atoms with Crippen molar-refractivity contribution in [2.75, 3.05) is 6.61 Å². The molecule has 0 saturated heterocycles. The van der Waals surface area contributed by atoms with E-state index in [4.69, 9.17) is 5.11 Å². The Morgan fingerprint density at radius 1 is 1.40 bits per heavy atom. The number of aromatic nitrogens is 2. The lowest BCUT2D eigenvalue weighted by atomic mass is 10.1. The first-order valence-electron chi connectivity index (χ1n) is 6.60. The van der Waals surface area contributed by atoms with E-state index < -0.39 is 0 Å². The molecule has 1 aromatic heterocycles. The van der Waals surface area contributed by atoms with Crippen LogP contribution in [-0.4, -0.2) is 33.2 Å². The Morgan fingerprint density at radius 3 is 2.80 bits per heavy atom. The topological polar surface area (TPSA) is 87.1 Å². The molecular formula is C14H19N3O3. The Bertz CT molecular complexity index is 659. The van der Waals surface area contributed by atoms with E-state index in [1.807, 2.05) is 26.0 Å². The fourth-order valence-electron chi connectivity index (χ4n) is 2.01. The van der Waals surface area contributed by atoms with E-state index in [-0.39, 0.29) is 36.7 Å². The lowest BCUT2D eigenvalue weighted by Gasteiger charge is -2.19. The summed E-state index contributed by atoms with van der Waals surface area (Å²) in [6.45, 7) is 3.65. The maximum Gasteiger partial charge on any atom is 0.326 e. The Morgan fingerprint density at radius 2 is 2.10 bits per heavy atom. The maximum atomic E-state index is 12.0. The number of para-hydroxylation sites is 2. The van der Waals surface area contributed by atoms with Gasteiger partial charge < -0.3 is 15.4 Å². The molecule has 2 rings (SSSR count). The van der Waals surface area contributed by atoms with Crippen LogP contribution in [0.4, 0.5) is 0 Å². The third-order valence-electron chi connectivity index (χ3n) is 3.51. The zero-order valence-electron chi connectivity index (χ0n) is 11.6. The van der Waals surface area contributed by atoms with Gasteiger partial charge in [-0.3, -0.25) is 9.36 Å². The van der Waals surface area contributed by atoms with Crippen LogP contribution >= 0.6 is 0 Å². The standard InChI is InChI=1S/C14H19N3O3/c1-9(8-18)10(2)15-13(19)7-17-12-6-4-3-5-11(12)16-14(17)20/h3-6,9-10,18H,7-8H2,1-2H3,(H,15,19)(H,16,20). The highest BCUT2D eigenvalue weighted by atomic mass is 16.3. The number of aliphatic hydroxyl groups is 1. The molecule has 6 heteroatoms. The number of carbonyl (C=O) groups is 1. The van der Waals surface area contributed by atoms with Gasteiger partial charge in [-0.05, 0) is 25.0 Å². The number of H-pyrrole nitrogens is 1. The number of rotatable bonds is 5. The van der Waals surface area contributed by atoms with Crippen LogP contribution in [0.5, 0.6) is 0 Å². The molecule has 1 amide bonds. The van der Waals surface area contributed by atoms with Crippen molar-refractivity contribution in [3.05, 3.63) is 34.7 Å². The average Bonchev–Trinajstić information content (AvgIpc) is 2.74. The molecule has 0 bridgehead atoms. The van der Waals surface area contributed by atoms with Gasteiger partial charge in [-0.2, -0.15) is 0 Å². The molecule has 1 heterocycles. The van der Waals surface area contributed by atoms with E-state index in [0.29, 0.717) is 11.0 Å². The first-order valence-corrected chi connectivity index (χ1v) is 6.60. The van der Waals surface area contributed by atoms with Crippen molar-refractivity contribution in [2.24, 2.45) is 5.92 Å². The highest BCUT2D eigenvalue weighted by Gasteiger charge is 2.15. The van der Waals surface area contributed by atoms with Crippen molar-refractivity contribution in [1.82, 2.24) is 14.9 Å². The number of carbonyl (C=O) groups excluding carboxylic acids is 1. The summed E-state index contributed by atoms with van der Waals surface area (Å²) in [6, 6.07) is 7.09. The zero-order chi connectivity index (χ0) is 14.7. The maximum absolute atomic E-state index is 12.0. The lowest BCUT2D eigenvalue weighted by molar-refractivity contribution is -0.122. The van der Waals surface area contributed by atoms with E-state index in [9.17, 15) is 9.59 Å². The Kier molecular flexibility index (Phi) is 4.24. The van der Waals surface area contributed by atoms with Gasteiger partial charge in [0.1, 0.15) is 6.54 Å². The highest BCUT2D eigenvalue weighted by Crippen LogP contribution is 2.08. The van der Waals surface area contributed by atoms with E-state index in [0.717, 1.165) is 0 Å². The summed E-state index contributed by atoms with van der Waals surface area (Å²) in [5.74, 6) is -0.275. The van der Waals surface area contributed by atoms with Crippen molar-refractivity contribution in [3.63, 3.8) is 0 Å². The van der Waals surface area contributed by atoms with Gasteiger partial charge in [0.05, 0.1) is 11.0 Å². The molecular weight excluding hydrogens is 258 g/mol. The molecule has 1 aromatic carbocycles. The number of nitrogens with zero attached hydrogens (tertiary/aromatic N) is 1. The molecule has 2 atom stereocenters. The van der Waals surface area contributed by atoms with Gasteiger partial charge in [-0.15, -0.1) is 0 Å². The van der Waals surface area contributed by atoms with E-state index >= 15 is 0 Å². The molecule has 108 valence electrons. The fourth-order valence-corrected chi connectivity index (χ4v) is 2.01. The second kappa shape index (κ2) is 5.92. The third kappa shape index (κ3) is 2.91. The summed E-state index contributed by atoms with van der Waals surface area (Å²) in [5.41, 5.74) is 1.11. The molecule has 0 aliphatic rings. The second-order valence-corrected chi connectivity index (χ2v) is 5.05. The molecule has 0 aliphatic carbocycles. The van der Waals surface area contributed by atoms with Gasteiger partial charge in [-0.1, -0.05) is 19.1 Å². The number of aliphatic hydroxyl groups excluding tert-OH is 1. The quantitative estimate of drug-likeness (QED) is 0.742. The molecule has 2 aromatic rings. The number of aromatic amines is 1. The molecule has 20 heavy (non-hydrogen) atoms. The van der Waals surface area contributed by atoms with Crippen LogP contribution in [0, 0.1) is 5.92 Å². The van der Waals surface area contributed by atoms with Gasteiger partial charge >= 0.3 is 5.69 Å². The van der Waals surface area contributed by atoms with Gasteiger partial charge in [0.15, 0.2) is 0 Å². The molecule has 0 fully saturated rings. The largest absolute Gasteiger partial charge is 0.396 e. The Labute approximate surface area is 116 Å². The summed E-state index contributed by atoms with van der Waals surface area (Å²) in [7, 11) is 0. The predicted molar refractivity (Wildman–Crippen MR) is 76.4 cm³/mol. The molecule has 0 aliphatic heterocycles. The molecule has 0 radical (unpaired) electrons. The van der Waals surface area contributed by atoms with Crippen LogP contribution in [0.1, 0.15) is 13.8 Å². The van der Waals surface area contributed by atoms with Crippen LogP contribution in [0.25, 0.3) is 11.0 Å². The summed E-state index contributed by atoms with van der Waals surface area (Å²) in [4.78, 5) is 26.5. The minimum absolute atomic E-state index is 0.00841. The average molecular weight is 277 g/mol. The lowest BCUT2D eigenvalue weighted by Crippen LogP contribution is -2.41. The minimum atomic E-state index is -0.302. The van der Waals surface area contributed by atoms with Crippen molar-refractivity contribution in [3.8, 4) is 0 Å². The summed E-state index contributed by atoms with van der Waals surface area (Å²) < 4.78 is 1.40. The second-order valence-electron chi connectivity index (χ2n) is 5.05. The number of hydrogen-bond donors (Lipinski definition) is 3. The number of fused-ring (bicyclic) bond motifs is 1. The van der Waals surface area contributed by atoms with Gasteiger partial charge in [-0.25, -0.2) is 4.79 Å². The van der Waals surface area contributed by atoms with Crippen LogP contribution in [0.15, 0.2) is 29.1 Å². The fraction of sp³-hybridized carbons (Fsp3) is 0.429. The number of imidazole rings is 1. The molecule has 0 saturated carbocycles. The third-order valence-corrected chi connectivity index (χ3v) is 3.51. The first kappa shape index (κ1) is 14.3.